The van der Waals surface area contributed by atoms with Crippen molar-refractivity contribution >= 4 is 0 Å². The van der Waals surface area contributed by atoms with Crippen molar-refractivity contribution in [2.75, 3.05) is 45.8 Å². The molecule has 0 saturated carbocycles. The molecule has 2 aliphatic heterocycles. The van der Waals surface area contributed by atoms with Crippen LogP contribution in [0.4, 0.5) is 4.39 Å². The molecule has 2 aliphatic rings. The topological polar surface area (TPSA) is 9.72 Å². The summed E-state index contributed by atoms with van der Waals surface area (Å²) in [6, 6.07) is 7.90. The Morgan fingerprint density at radius 1 is 0.955 bits per heavy atom. The zero-order chi connectivity index (χ0) is 15.4. The average Bonchev–Trinajstić information content (AvgIpc) is 2.58. The molecule has 0 N–H and O–H groups in total. The molecule has 0 atom stereocenters. The van der Waals surface area contributed by atoms with Crippen molar-refractivity contribution in [3.8, 4) is 0 Å². The predicted molar refractivity (Wildman–Crippen MR) is 88.4 cm³/mol. The van der Waals surface area contributed by atoms with Crippen LogP contribution in [-0.2, 0) is 6.54 Å². The molecule has 0 radical (unpaired) electrons. The Morgan fingerprint density at radius 3 is 2.27 bits per heavy atom. The Hall–Kier alpha value is -0.970. The molecule has 2 saturated heterocycles. The Labute approximate surface area is 133 Å². The molecule has 0 amide bonds. The van der Waals surface area contributed by atoms with Gasteiger partial charge in [-0.25, -0.2) is 4.39 Å². The fourth-order valence-corrected chi connectivity index (χ4v) is 3.75. The maximum atomic E-state index is 13.7. The van der Waals surface area contributed by atoms with Gasteiger partial charge < -0.3 is 4.90 Å². The van der Waals surface area contributed by atoms with E-state index in [4.69, 9.17) is 0 Å². The van der Waals surface area contributed by atoms with E-state index in [9.17, 15) is 4.39 Å². The van der Waals surface area contributed by atoms with Crippen LogP contribution in [0.2, 0.25) is 0 Å². The molecular formula is C18H28FN3. The van der Waals surface area contributed by atoms with E-state index in [0.717, 1.165) is 31.2 Å². The normalized spacial score (nSPS) is 23.0. The number of hydrogen-bond acceptors (Lipinski definition) is 3. The number of piperidine rings is 1. The highest BCUT2D eigenvalue weighted by Gasteiger charge is 2.27. The van der Waals surface area contributed by atoms with Gasteiger partial charge in [-0.3, -0.25) is 9.80 Å². The van der Waals surface area contributed by atoms with Gasteiger partial charge in [0.15, 0.2) is 0 Å². The first-order valence-electron chi connectivity index (χ1n) is 8.68. The first-order chi connectivity index (χ1) is 10.8. The molecule has 4 heteroatoms. The predicted octanol–water partition coefficient (Wildman–Crippen LogP) is 2.43. The second-order valence-corrected chi connectivity index (χ2v) is 6.57. The number of nitrogens with zero attached hydrogens (tertiary/aromatic N) is 3. The van der Waals surface area contributed by atoms with E-state index in [2.05, 4.69) is 21.6 Å². The lowest BCUT2D eigenvalue weighted by molar-refractivity contribution is 0.0591. The standard InChI is InChI=1S/C18H28FN3/c1-2-20-11-13-22(14-12-20)17-7-9-21(10-8-17)15-16-5-3-4-6-18(16)19/h3-6,17H,2,7-15H2,1H3. The number of halogens is 1. The number of hydrogen-bond donors (Lipinski definition) is 0. The number of piperazine rings is 1. The number of rotatable bonds is 4. The van der Waals surface area contributed by atoms with Crippen molar-refractivity contribution in [1.82, 2.24) is 14.7 Å². The highest BCUT2D eigenvalue weighted by Crippen LogP contribution is 2.20. The molecule has 1 aromatic carbocycles. The van der Waals surface area contributed by atoms with Crippen molar-refractivity contribution in [3.63, 3.8) is 0 Å². The van der Waals surface area contributed by atoms with E-state index in [1.807, 2.05) is 12.1 Å². The van der Waals surface area contributed by atoms with Crippen molar-refractivity contribution < 1.29 is 4.39 Å². The van der Waals surface area contributed by atoms with Crippen LogP contribution >= 0.6 is 0 Å². The van der Waals surface area contributed by atoms with Crippen molar-refractivity contribution in [2.24, 2.45) is 0 Å². The second-order valence-electron chi connectivity index (χ2n) is 6.57. The summed E-state index contributed by atoms with van der Waals surface area (Å²) >= 11 is 0. The van der Waals surface area contributed by atoms with Gasteiger partial charge in [0.1, 0.15) is 5.82 Å². The SMILES string of the molecule is CCN1CCN(C2CCN(Cc3ccccc3F)CC2)CC1. The molecule has 0 aliphatic carbocycles. The summed E-state index contributed by atoms with van der Waals surface area (Å²) in [6.45, 7) is 11.2. The fourth-order valence-electron chi connectivity index (χ4n) is 3.75. The van der Waals surface area contributed by atoms with Gasteiger partial charge in [-0.2, -0.15) is 0 Å². The van der Waals surface area contributed by atoms with Crippen LogP contribution in [-0.4, -0.2) is 66.6 Å². The van der Waals surface area contributed by atoms with Crippen molar-refractivity contribution in [1.29, 1.82) is 0 Å². The Kier molecular flexibility index (Phi) is 5.45. The maximum absolute atomic E-state index is 13.7. The lowest BCUT2D eigenvalue weighted by Crippen LogP contribution is -2.53. The molecule has 0 spiro atoms. The highest BCUT2D eigenvalue weighted by atomic mass is 19.1. The lowest BCUT2D eigenvalue weighted by atomic mass is 10.0. The van der Waals surface area contributed by atoms with E-state index >= 15 is 0 Å². The molecule has 0 bridgehead atoms. The number of likely N-dealkylation sites (tertiary alicyclic amines) is 1. The molecule has 2 heterocycles. The van der Waals surface area contributed by atoms with E-state index < -0.39 is 0 Å². The highest BCUT2D eigenvalue weighted by molar-refractivity contribution is 5.17. The molecule has 2 fully saturated rings. The van der Waals surface area contributed by atoms with Crippen LogP contribution in [0, 0.1) is 5.82 Å². The third-order valence-corrected chi connectivity index (χ3v) is 5.28. The molecule has 122 valence electrons. The quantitative estimate of drug-likeness (QED) is 0.846. The van der Waals surface area contributed by atoms with Crippen LogP contribution < -0.4 is 0 Å². The van der Waals surface area contributed by atoms with Gasteiger partial charge in [0.05, 0.1) is 0 Å². The van der Waals surface area contributed by atoms with Crippen molar-refractivity contribution in [2.45, 2.75) is 32.4 Å². The maximum Gasteiger partial charge on any atom is 0.127 e. The molecular weight excluding hydrogens is 277 g/mol. The first kappa shape index (κ1) is 15.9. The van der Waals surface area contributed by atoms with Gasteiger partial charge in [0, 0.05) is 44.3 Å². The summed E-state index contributed by atoms with van der Waals surface area (Å²) in [4.78, 5) is 7.60. The van der Waals surface area contributed by atoms with E-state index in [1.54, 1.807) is 12.1 Å². The summed E-state index contributed by atoms with van der Waals surface area (Å²) in [5.74, 6) is -0.0692. The van der Waals surface area contributed by atoms with Gasteiger partial charge >= 0.3 is 0 Å². The third-order valence-electron chi connectivity index (χ3n) is 5.28. The zero-order valence-electron chi connectivity index (χ0n) is 13.7. The zero-order valence-corrected chi connectivity index (χ0v) is 13.7. The minimum absolute atomic E-state index is 0.0692. The van der Waals surface area contributed by atoms with Crippen molar-refractivity contribution in [3.05, 3.63) is 35.6 Å². The summed E-state index contributed by atoms with van der Waals surface area (Å²) in [7, 11) is 0. The van der Waals surface area contributed by atoms with Gasteiger partial charge in [0.25, 0.3) is 0 Å². The van der Waals surface area contributed by atoms with Gasteiger partial charge in [0.2, 0.25) is 0 Å². The Bertz CT molecular complexity index is 463. The Balaban J connectivity index is 1.46. The first-order valence-corrected chi connectivity index (χ1v) is 8.68. The summed E-state index contributed by atoms with van der Waals surface area (Å²) in [6.07, 6.45) is 2.45. The molecule has 0 unspecified atom stereocenters. The van der Waals surface area contributed by atoms with E-state index in [1.165, 1.54) is 45.6 Å². The van der Waals surface area contributed by atoms with E-state index in [-0.39, 0.29) is 5.82 Å². The van der Waals surface area contributed by atoms with Crippen LogP contribution in [0.25, 0.3) is 0 Å². The summed E-state index contributed by atoms with van der Waals surface area (Å²) in [5, 5.41) is 0. The van der Waals surface area contributed by atoms with Gasteiger partial charge in [-0.05, 0) is 38.5 Å². The van der Waals surface area contributed by atoms with Crippen LogP contribution in [0.5, 0.6) is 0 Å². The second kappa shape index (κ2) is 7.53. The van der Waals surface area contributed by atoms with Crippen LogP contribution in [0.1, 0.15) is 25.3 Å². The molecule has 3 rings (SSSR count). The lowest BCUT2D eigenvalue weighted by Gasteiger charge is -2.42. The average molecular weight is 305 g/mol. The monoisotopic (exact) mass is 305 g/mol. The smallest absolute Gasteiger partial charge is 0.127 e. The van der Waals surface area contributed by atoms with Gasteiger partial charge in [-0.1, -0.05) is 25.1 Å². The molecule has 3 nitrogen and oxygen atoms in total. The Morgan fingerprint density at radius 2 is 1.64 bits per heavy atom. The van der Waals surface area contributed by atoms with E-state index in [0.29, 0.717) is 0 Å². The largest absolute Gasteiger partial charge is 0.301 e. The minimum atomic E-state index is -0.0692. The summed E-state index contributed by atoms with van der Waals surface area (Å²) in [5.41, 5.74) is 0.831. The third kappa shape index (κ3) is 3.86. The van der Waals surface area contributed by atoms with Crippen LogP contribution in [0.15, 0.2) is 24.3 Å². The molecule has 22 heavy (non-hydrogen) atoms. The molecule has 0 aromatic heterocycles. The number of benzene rings is 1. The van der Waals surface area contributed by atoms with Crippen LogP contribution in [0.3, 0.4) is 0 Å². The van der Waals surface area contributed by atoms with Gasteiger partial charge in [-0.15, -0.1) is 0 Å². The number of likely N-dealkylation sites (N-methyl/N-ethyl adjacent to an activating group) is 1. The fraction of sp³-hybridized carbons (Fsp3) is 0.667. The summed E-state index contributed by atoms with van der Waals surface area (Å²) < 4.78 is 13.7. The molecule has 1 aromatic rings. The minimum Gasteiger partial charge on any atom is -0.301 e.